The van der Waals surface area contributed by atoms with Crippen molar-refractivity contribution in [2.75, 3.05) is 11.4 Å². The summed E-state index contributed by atoms with van der Waals surface area (Å²) < 4.78 is 8.11. The van der Waals surface area contributed by atoms with Crippen LogP contribution in [0.5, 0.6) is 0 Å². The minimum absolute atomic E-state index is 0.217. The Balaban J connectivity index is 1.33. The van der Waals surface area contributed by atoms with Gasteiger partial charge in [0, 0.05) is 30.6 Å². The van der Waals surface area contributed by atoms with E-state index in [1.165, 1.54) is 18.4 Å². The Morgan fingerprint density at radius 3 is 2.94 bits per heavy atom. The lowest BCUT2D eigenvalue weighted by atomic mass is 10.00. The van der Waals surface area contributed by atoms with Crippen LogP contribution in [-0.2, 0) is 6.42 Å². The quantitative estimate of drug-likeness (QED) is 0.455. The molecule has 0 spiro atoms. The molecule has 5 aromatic rings. The minimum Gasteiger partial charge on any atom is -0.402 e. The molecule has 0 bridgehead atoms. The van der Waals surface area contributed by atoms with E-state index >= 15 is 0 Å². The maximum atomic E-state index is 6.12. The third-order valence-corrected chi connectivity index (χ3v) is 6.54. The predicted molar refractivity (Wildman–Crippen MR) is 121 cm³/mol. The fourth-order valence-electron chi connectivity index (χ4n) is 4.81. The number of fused-ring (bicyclic) bond motifs is 2. The zero-order valence-corrected chi connectivity index (χ0v) is 18.1. The summed E-state index contributed by atoms with van der Waals surface area (Å²) >= 11 is 0. The lowest BCUT2D eigenvalue weighted by Gasteiger charge is -2.32. The maximum absolute atomic E-state index is 6.12. The van der Waals surface area contributed by atoms with Crippen molar-refractivity contribution in [3.8, 4) is 11.6 Å². The summed E-state index contributed by atoms with van der Waals surface area (Å²) in [6, 6.07) is 12.5. The van der Waals surface area contributed by atoms with Crippen LogP contribution in [-0.4, -0.2) is 41.3 Å². The molecule has 2 aliphatic rings. The Morgan fingerprint density at radius 1 is 1.12 bits per heavy atom. The number of aromatic nitrogens is 7. The second-order valence-electron chi connectivity index (χ2n) is 8.80. The number of anilines is 1. The number of hydrogen-bond acceptors (Lipinski definition) is 7. The van der Waals surface area contributed by atoms with Gasteiger partial charge in [0.25, 0.3) is 5.89 Å². The third kappa shape index (κ3) is 3.03. The standard InChI is InChI=1S/C24H22N8O/c1-14-4-2-6-18(27-14)23-28-29-24(33-23)31-11-9-17-21(26-13-25-17)22(31)19-12-20-16(15-7-8-15)5-3-10-32(20)30-19/h2-6,10,12-13,15,22H,7-9,11H2,1H3,(H,25,26)/t22-/m0/s1. The lowest BCUT2D eigenvalue weighted by molar-refractivity contribution is 0.502. The second-order valence-corrected chi connectivity index (χ2v) is 8.80. The first-order chi connectivity index (χ1) is 16.2. The number of aryl methyl sites for hydroxylation is 1. The summed E-state index contributed by atoms with van der Waals surface area (Å²) in [6.45, 7) is 2.66. The summed E-state index contributed by atoms with van der Waals surface area (Å²) in [6.07, 6.45) is 7.07. The molecule has 1 saturated carbocycles. The Labute approximate surface area is 189 Å². The molecule has 0 saturated heterocycles. The van der Waals surface area contributed by atoms with E-state index in [1.807, 2.05) is 35.8 Å². The van der Waals surface area contributed by atoms with E-state index in [9.17, 15) is 0 Å². The van der Waals surface area contributed by atoms with E-state index in [2.05, 4.69) is 48.2 Å². The highest BCUT2D eigenvalue weighted by Crippen LogP contribution is 2.43. The van der Waals surface area contributed by atoms with Gasteiger partial charge in [-0.15, -0.1) is 5.10 Å². The van der Waals surface area contributed by atoms with Gasteiger partial charge in [0.1, 0.15) is 11.7 Å². The van der Waals surface area contributed by atoms with E-state index < -0.39 is 0 Å². The molecule has 1 fully saturated rings. The van der Waals surface area contributed by atoms with Crippen LogP contribution in [0, 0.1) is 6.92 Å². The molecule has 9 nitrogen and oxygen atoms in total. The topological polar surface area (TPSA) is 101 Å². The van der Waals surface area contributed by atoms with Crippen molar-refractivity contribution in [1.29, 1.82) is 0 Å². The molecular formula is C24H22N8O. The summed E-state index contributed by atoms with van der Waals surface area (Å²) in [7, 11) is 0. The Kier molecular flexibility index (Phi) is 3.93. The first kappa shape index (κ1) is 18.6. The highest BCUT2D eigenvalue weighted by atomic mass is 16.4. The molecular weight excluding hydrogens is 416 g/mol. The molecule has 1 aliphatic carbocycles. The molecule has 1 atom stereocenters. The number of rotatable bonds is 4. The van der Waals surface area contributed by atoms with Gasteiger partial charge in [0.05, 0.1) is 23.2 Å². The number of imidazole rings is 1. The largest absolute Gasteiger partial charge is 0.402 e. The van der Waals surface area contributed by atoms with Gasteiger partial charge in [-0.3, -0.25) is 0 Å². The molecule has 0 radical (unpaired) electrons. The highest BCUT2D eigenvalue weighted by molar-refractivity contribution is 5.60. The van der Waals surface area contributed by atoms with Gasteiger partial charge in [0.15, 0.2) is 0 Å². The number of nitrogens with zero attached hydrogens (tertiary/aromatic N) is 7. The normalized spacial score (nSPS) is 18.1. The van der Waals surface area contributed by atoms with E-state index in [4.69, 9.17) is 9.52 Å². The number of aromatic amines is 1. The van der Waals surface area contributed by atoms with Gasteiger partial charge in [-0.05, 0) is 55.5 Å². The van der Waals surface area contributed by atoms with Crippen LogP contribution in [0.2, 0.25) is 0 Å². The zero-order chi connectivity index (χ0) is 21.9. The molecule has 6 heterocycles. The fourth-order valence-corrected chi connectivity index (χ4v) is 4.81. The van der Waals surface area contributed by atoms with Crippen LogP contribution in [0.3, 0.4) is 0 Å². The molecule has 164 valence electrons. The molecule has 9 heteroatoms. The van der Waals surface area contributed by atoms with Crippen LogP contribution >= 0.6 is 0 Å². The first-order valence-electron chi connectivity index (χ1n) is 11.3. The van der Waals surface area contributed by atoms with Gasteiger partial charge in [0.2, 0.25) is 0 Å². The predicted octanol–water partition coefficient (Wildman–Crippen LogP) is 3.84. The van der Waals surface area contributed by atoms with Crippen molar-refractivity contribution < 1.29 is 4.42 Å². The summed E-state index contributed by atoms with van der Waals surface area (Å²) in [5, 5.41) is 13.6. The molecule has 1 N–H and O–H groups in total. The van der Waals surface area contributed by atoms with Gasteiger partial charge < -0.3 is 14.3 Å². The molecule has 0 amide bonds. The summed E-state index contributed by atoms with van der Waals surface area (Å²) in [5.41, 5.74) is 7.09. The number of nitrogens with one attached hydrogen (secondary N) is 1. The molecule has 5 aromatic heterocycles. The molecule has 0 aromatic carbocycles. The van der Waals surface area contributed by atoms with Crippen LogP contribution < -0.4 is 4.90 Å². The molecule has 7 rings (SSSR count). The van der Waals surface area contributed by atoms with Gasteiger partial charge in [-0.25, -0.2) is 14.5 Å². The van der Waals surface area contributed by atoms with Crippen molar-refractivity contribution in [1.82, 2.24) is 34.8 Å². The van der Waals surface area contributed by atoms with Crippen LogP contribution in [0.4, 0.5) is 6.01 Å². The molecule has 33 heavy (non-hydrogen) atoms. The van der Waals surface area contributed by atoms with Crippen LogP contribution in [0.25, 0.3) is 17.1 Å². The van der Waals surface area contributed by atoms with E-state index in [1.54, 1.807) is 6.33 Å². The Bertz CT molecular complexity index is 1480. The fraction of sp³-hybridized carbons (Fsp3) is 0.292. The monoisotopic (exact) mass is 438 g/mol. The van der Waals surface area contributed by atoms with Crippen LogP contribution in [0.1, 0.15) is 53.1 Å². The van der Waals surface area contributed by atoms with Crippen molar-refractivity contribution >= 4 is 11.5 Å². The highest BCUT2D eigenvalue weighted by Gasteiger charge is 2.36. The van der Waals surface area contributed by atoms with Crippen molar-refractivity contribution in [2.45, 2.75) is 38.1 Å². The average molecular weight is 438 g/mol. The minimum atomic E-state index is -0.217. The van der Waals surface area contributed by atoms with Gasteiger partial charge in [-0.2, -0.15) is 5.10 Å². The van der Waals surface area contributed by atoms with Crippen molar-refractivity contribution in [2.24, 2.45) is 0 Å². The Hall–Kier alpha value is -4.01. The Morgan fingerprint density at radius 2 is 2.06 bits per heavy atom. The SMILES string of the molecule is Cc1cccc(-c2nnc(N3CCc4[nH]cnc4[C@@H]3c3cc4c(C5CC5)cccn4n3)o2)n1. The zero-order valence-electron chi connectivity index (χ0n) is 18.1. The third-order valence-electron chi connectivity index (χ3n) is 6.54. The van der Waals surface area contributed by atoms with E-state index in [0.717, 1.165) is 34.7 Å². The molecule has 1 aliphatic heterocycles. The number of H-pyrrole nitrogens is 1. The van der Waals surface area contributed by atoms with Crippen molar-refractivity contribution in [3.05, 3.63) is 77.3 Å². The lowest BCUT2D eigenvalue weighted by Crippen LogP contribution is -2.36. The smallest absolute Gasteiger partial charge is 0.319 e. The second kappa shape index (κ2) is 6.99. The molecule has 0 unspecified atom stereocenters. The number of hydrogen-bond donors (Lipinski definition) is 1. The average Bonchev–Trinajstić information content (AvgIpc) is 3.22. The van der Waals surface area contributed by atoms with E-state index in [0.29, 0.717) is 30.1 Å². The first-order valence-corrected chi connectivity index (χ1v) is 11.3. The van der Waals surface area contributed by atoms with Gasteiger partial charge in [-0.1, -0.05) is 17.2 Å². The van der Waals surface area contributed by atoms with Crippen molar-refractivity contribution in [3.63, 3.8) is 0 Å². The maximum Gasteiger partial charge on any atom is 0.319 e. The summed E-state index contributed by atoms with van der Waals surface area (Å²) in [5.74, 6) is 1.05. The van der Waals surface area contributed by atoms with Gasteiger partial charge >= 0.3 is 6.01 Å². The summed E-state index contributed by atoms with van der Waals surface area (Å²) in [4.78, 5) is 14.6. The van der Waals surface area contributed by atoms with Crippen LogP contribution in [0.15, 0.2) is 53.3 Å². The number of pyridine rings is 2. The van der Waals surface area contributed by atoms with E-state index in [-0.39, 0.29) is 6.04 Å².